The Morgan fingerprint density at radius 3 is 2.54 bits per heavy atom. The number of anilines is 2. The topological polar surface area (TPSA) is 107 Å². The first kappa shape index (κ1) is 19.5. The minimum Gasteiger partial charge on any atom is -0.460 e. The molecular formula is C17H19N3O5S. The summed E-state index contributed by atoms with van der Waals surface area (Å²) in [4.78, 5) is 43.3. The van der Waals surface area contributed by atoms with Gasteiger partial charge in [0.2, 0.25) is 0 Å². The van der Waals surface area contributed by atoms with Crippen molar-refractivity contribution in [2.45, 2.75) is 33.3 Å². The fraction of sp³-hybridized carbons (Fsp3) is 0.353. The van der Waals surface area contributed by atoms with Crippen molar-refractivity contribution in [3.8, 4) is 0 Å². The Morgan fingerprint density at radius 2 is 1.96 bits per heavy atom. The van der Waals surface area contributed by atoms with E-state index >= 15 is 0 Å². The van der Waals surface area contributed by atoms with E-state index in [1.807, 2.05) is 0 Å². The van der Waals surface area contributed by atoms with Gasteiger partial charge in [0.05, 0.1) is 12.2 Å². The van der Waals surface area contributed by atoms with E-state index in [1.54, 1.807) is 39.8 Å². The Morgan fingerprint density at radius 1 is 1.23 bits per heavy atom. The van der Waals surface area contributed by atoms with Crippen LogP contribution in [0.4, 0.5) is 10.9 Å². The lowest BCUT2D eigenvalue weighted by atomic mass is 10.2. The molecule has 0 radical (unpaired) electrons. The van der Waals surface area contributed by atoms with Gasteiger partial charge in [0, 0.05) is 11.6 Å². The molecule has 0 aliphatic carbocycles. The van der Waals surface area contributed by atoms with E-state index in [1.165, 1.54) is 11.6 Å². The highest BCUT2D eigenvalue weighted by Crippen LogP contribution is 2.21. The van der Waals surface area contributed by atoms with Gasteiger partial charge in [-0.2, -0.15) is 0 Å². The van der Waals surface area contributed by atoms with E-state index in [-0.39, 0.29) is 12.3 Å². The van der Waals surface area contributed by atoms with Crippen molar-refractivity contribution >= 4 is 40.0 Å². The molecule has 0 spiro atoms. The van der Waals surface area contributed by atoms with Crippen LogP contribution in [-0.4, -0.2) is 39.9 Å². The highest BCUT2D eigenvalue weighted by Gasteiger charge is 2.21. The smallest absolute Gasteiger partial charge is 0.381 e. The molecule has 0 aliphatic heterocycles. The molecule has 2 heterocycles. The quantitative estimate of drug-likeness (QED) is 0.465. The van der Waals surface area contributed by atoms with E-state index in [9.17, 15) is 14.4 Å². The molecule has 0 aliphatic rings. The van der Waals surface area contributed by atoms with Crippen molar-refractivity contribution < 1.29 is 23.9 Å². The molecule has 8 nitrogen and oxygen atoms in total. The standard InChI is InChI=1S/C17H19N3O5S/c1-5-24-15(23)13(21)11-9-26-16(19-11)20-12-7-6-10(8-18-12)14(22)25-17(2,3)4/h6-9H,5H2,1-4H3,(H,18,19,20). The predicted molar refractivity (Wildman–Crippen MR) is 95.8 cm³/mol. The average Bonchev–Trinajstić information content (AvgIpc) is 3.02. The van der Waals surface area contributed by atoms with Crippen LogP contribution in [0.25, 0.3) is 0 Å². The van der Waals surface area contributed by atoms with Crippen LogP contribution < -0.4 is 5.32 Å². The molecule has 0 saturated heterocycles. The SMILES string of the molecule is CCOC(=O)C(=O)c1csc(Nc2ccc(C(=O)OC(C)(C)C)cn2)n1. The number of nitrogens with zero attached hydrogens (tertiary/aromatic N) is 2. The predicted octanol–water partition coefficient (Wildman–Crippen LogP) is 2.98. The van der Waals surface area contributed by atoms with E-state index < -0.39 is 23.3 Å². The van der Waals surface area contributed by atoms with Crippen LogP contribution >= 0.6 is 11.3 Å². The molecule has 2 aromatic heterocycles. The maximum absolute atomic E-state index is 12.0. The second-order valence-electron chi connectivity index (χ2n) is 6.15. The molecule has 2 aromatic rings. The zero-order chi connectivity index (χ0) is 19.3. The number of carbonyl (C=O) groups excluding carboxylic acids is 3. The van der Waals surface area contributed by atoms with Gasteiger partial charge < -0.3 is 14.8 Å². The van der Waals surface area contributed by atoms with E-state index in [0.717, 1.165) is 11.3 Å². The van der Waals surface area contributed by atoms with Crippen LogP contribution in [0, 0.1) is 0 Å². The fourth-order valence-corrected chi connectivity index (χ4v) is 2.47. The molecule has 0 saturated carbocycles. The summed E-state index contributed by atoms with van der Waals surface area (Å²) < 4.78 is 9.92. The second-order valence-corrected chi connectivity index (χ2v) is 7.00. The summed E-state index contributed by atoms with van der Waals surface area (Å²) in [6.07, 6.45) is 1.38. The molecule has 26 heavy (non-hydrogen) atoms. The maximum Gasteiger partial charge on any atom is 0.381 e. The first-order chi connectivity index (χ1) is 12.2. The maximum atomic E-state index is 12.0. The Hall–Kier alpha value is -2.81. The first-order valence-electron chi connectivity index (χ1n) is 7.83. The van der Waals surface area contributed by atoms with Gasteiger partial charge in [0.25, 0.3) is 5.78 Å². The Labute approximate surface area is 154 Å². The summed E-state index contributed by atoms with van der Waals surface area (Å²) in [7, 11) is 0. The molecule has 0 bridgehead atoms. The van der Waals surface area contributed by atoms with Crippen molar-refractivity contribution in [1.29, 1.82) is 0 Å². The van der Waals surface area contributed by atoms with Gasteiger partial charge in [-0.05, 0) is 39.8 Å². The number of hydrogen-bond acceptors (Lipinski definition) is 9. The number of hydrogen-bond donors (Lipinski definition) is 1. The molecule has 2 rings (SSSR count). The van der Waals surface area contributed by atoms with Crippen LogP contribution in [-0.2, 0) is 14.3 Å². The zero-order valence-electron chi connectivity index (χ0n) is 14.9. The number of carbonyl (C=O) groups is 3. The number of pyridine rings is 1. The van der Waals surface area contributed by atoms with Crippen molar-refractivity contribution in [1.82, 2.24) is 9.97 Å². The Balaban J connectivity index is 2.03. The number of nitrogens with one attached hydrogen (secondary N) is 1. The third kappa shape index (κ3) is 5.35. The Bertz CT molecular complexity index is 809. The molecule has 0 atom stereocenters. The van der Waals surface area contributed by atoms with E-state index in [0.29, 0.717) is 16.5 Å². The summed E-state index contributed by atoms with van der Waals surface area (Å²) in [5, 5.41) is 4.74. The lowest BCUT2D eigenvalue weighted by molar-refractivity contribution is -0.137. The van der Waals surface area contributed by atoms with Crippen LogP contribution in [0.2, 0.25) is 0 Å². The van der Waals surface area contributed by atoms with Gasteiger partial charge in [-0.3, -0.25) is 4.79 Å². The lowest BCUT2D eigenvalue weighted by Gasteiger charge is -2.19. The molecule has 0 fully saturated rings. The van der Waals surface area contributed by atoms with Crippen LogP contribution in [0.3, 0.4) is 0 Å². The van der Waals surface area contributed by atoms with Gasteiger partial charge in [-0.25, -0.2) is 19.6 Å². The van der Waals surface area contributed by atoms with Crippen molar-refractivity contribution in [2.75, 3.05) is 11.9 Å². The van der Waals surface area contributed by atoms with Crippen molar-refractivity contribution in [3.05, 3.63) is 35.0 Å². The zero-order valence-corrected chi connectivity index (χ0v) is 15.7. The summed E-state index contributed by atoms with van der Waals surface area (Å²) in [5.41, 5.74) is -0.263. The number of rotatable bonds is 6. The number of esters is 2. The number of aromatic nitrogens is 2. The highest BCUT2D eigenvalue weighted by atomic mass is 32.1. The van der Waals surface area contributed by atoms with Gasteiger partial charge >= 0.3 is 11.9 Å². The van der Waals surface area contributed by atoms with Crippen molar-refractivity contribution in [3.63, 3.8) is 0 Å². The number of ether oxygens (including phenoxy) is 2. The molecule has 1 N–H and O–H groups in total. The number of thiazole rings is 1. The van der Waals surface area contributed by atoms with Crippen LogP contribution in [0.15, 0.2) is 23.7 Å². The van der Waals surface area contributed by atoms with Crippen LogP contribution in [0.5, 0.6) is 0 Å². The molecule has 9 heteroatoms. The van der Waals surface area contributed by atoms with Gasteiger partial charge in [0.1, 0.15) is 17.1 Å². The highest BCUT2D eigenvalue weighted by molar-refractivity contribution is 7.14. The van der Waals surface area contributed by atoms with Crippen molar-refractivity contribution in [2.24, 2.45) is 0 Å². The normalized spacial score (nSPS) is 10.9. The van der Waals surface area contributed by atoms with E-state index in [4.69, 9.17) is 4.74 Å². The molecular weight excluding hydrogens is 358 g/mol. The fourth-order valence-electron chi connectivity index (χ4n) is 1.77. The molecule has 0 amide bonds. The van der Waals surface area contributed by atoms with Gasteiger partial charge in [-0.1, -0.05) is 0 Å². The monoisotopic (exact) mass is 377 g/mol. The summed E-state index contributed by atoms with van der Waals surface area (Å²) in [6.45, 7) is 7.09. The molecule has 0 aromatic carbocycles. The van der Waals surface area contributed by atoms with Crippen LogP contribution in [0.1, 0.15) is 48.5 Å². The number of Topliss-reactive ketones (excluding diaryl/α,β-unsaturated/α-hetero) is 1. The van der Waals surface area contributed by atoms with Gasteiger partial charge in [-0.15, -0.1) is 11.3 Å². The average molecular weight is 377 g/mol. The third-order valence-electron chi connectivity index (χ3n) is 2.83. The number of ketones is 1. The minimum absolute atomic E-state index is 0.00123. The minimum atomic E-state index is -0.941. The second kappa shape index (κ2) is 8.05. The largest absolute Gasteiger partial charge is 0.460 e. The first-order valence-corrected chi connectivity index (χ1v) is 8.71. The molecule has 138 valence electrons. The summed E-state index contributed by atoms with van der Waals surface area (Å²) >= 11 is 1.14. The third-order valence-corrected chi connectivity index (χ3v) is 3.59. The summed E-state index contributed by atoms with van der Waals surface area (Å²) in [5.74, 6) is -1.77. The van der Waals surface area contributed by atoms with Gasteiger partial charge in [0.15, 0.2) is 5.13 Å². The van der Waals surface area contributed by atoms with E-state index in [2.05, 4.69) is 20.0 Å². The lowest BCUT2D eigenvalue weighted by Crippen LogP contribution is -2.23. The summed E-state index contributed by atoms with van der Waals surface area (Å²) in [6, 6.07) is 3.16. The Kier molecular flexibility index (Phi) is 6.04. The molecule has 0 unspecified atom stereocenters.